The van der Waals surface area contributed by atoms with E-state index in [-0.39, 0.29) is 0 Å². The van der Waals surface area contributed by atoms with Gasteiger partial charge in [0.05, 0.1) is 25.2 Å². The summed E-state index contributed by atoms with van der Waals surface area (Å²) >= 11 is 0. The van der Waals surface area contributed by atoms with E-state index in [0.717, 1.165) is 0 Å². The van der Waals surface area contributed by atoms with Crippen molar-refractivity contribution in [2.75, 3.05) is 13.2 Å². The second-order valence-electron chi connectivity index (χ2n) is 5.52. The molecular formula is C13H24O12. The molecule has 0 aliphatic heterocycles. The Labute approximate surface area is 141 Å². The zero-order chi connectivity index (χ0) is 19.9. The van der Waals surface area contributed by atoms with Crippen molar-refractivity contribution in [2.24, 2.45) is 5.92 Å². The molecule has 12 nitrogen and oxygen atoms in total. The lowest BCUT2D eigenvalue weighted by molar-refractivity contribution is -0.161. The highest BCUT2D eigenvalue weighted by atomic mass is 16.4. The normalized spacial score (nSPS) is 21.5. The van der Waals surface area contributed by atoms with Gasteiger partial charge in [-0.2, -0.15) is 0 Å². The van der Waals surface area contributed by atoms with Crippen LogP contribution in [0.25, 0.3) is 0 Å². The second-order valence-corrected chi connectivity index (χ2v) is 5.52. The van der Waals surface area contributed by atoms with Crippen LogP contribution in [0.2, 0.25) is 0 Å². The Kier molecular flexibility index (Phi) is 10.2. The lowest BCUT2D eigenvalue weighted by atomic mass is 9.87. The van der Waals surface area contributed by atoms with Crippen LogP contribution in [0.5, 0.6) is 0 Å². The zero-order valence-electron chi connectivity index (χ0n) is 13.0. The standard InChI is InChI=1S/C13H24O12/c14-2-6(17)10(21)8(19)4(13(24)25)1-5(16)9(20)12(23)11(22)7(18)3-15/h4,6-12,14-15,17-23H,1-3H2,(H,24,25)/t4-,6-,7-,8-,9+,10-,11-,12-/m1/s1. The predicted molar refractivity (Wildman–Crippen MR) is 77.0 cm³/mol. The molecule has 0 bridgehead atoms. The number of aliphatic carboxylic acids is 1. The van der Waals surface area contributed by atoms with Crippen LogP contribution < -0.4 is 0 Å². The molecule has 0 unspecified atom stereocenters. The highest BCUT2D eigenvalue weighted by Crippen LogP contribution is 2.18. The van der Waals surface area contributed by atoms with E-state index in [4.69, 9.17) is 20.4 Å². The number of carboxylic acids is 1. The molecule has 0 aliphatic carbocycles. The smallest absolute Gasteiger partial charge is 0.309 e. The molecule has 0 amide bonds. The van der Waals surface area contributed by atoms with Crippen molar-refractivity contribution in [3.8, 4) is 0 Å². The summed E-state index contributed by atoms with van der Waals surface area (Å²) in [6.07, 6.45) is -15.9. The maximum Gasteiger partial charge on any atom is 0.309 e. The largest absolute Gasteiger partial charge is 0.481 e. The van der Waals surface area contributed by atoms with Gasteiger partial charge in [0.2, 0.25) is 0 Å². The van der Waals surface area contributed by atoms with E-state index in [1.54, 1.807) is 0 Å². The molecule has 0 fully saturated rings. The van der Waals surface area contributed by atoms with E-state index in [2.05, 4.69) is 0 Å². The monoisotopic (exact) mass is 372 g/mol. The molecule has 0 heterocycles. The van der Waals surface area contributed by atoms with Crippen molar-refractivity contribution in [1.29, 1.82) is 0 Å². The first-order chi connectivity index (χ1) is 11.5. The third-order valence-electron chi connectivity index (χ3n) is 3.67. The quantitative estimate of drug-likeness (QED) is 0.154. The van der Waals surface area contributed by atoms with Crippen LogP contribution in [0.3, 0.4) is 0 Å². The van der Waals surface area contributed by atoms with Crippen molar-refractivity contribution < 1.29 is 60.7 Å². The third-order valence-corrected chi connectivity index (χ3v) is 3.67. The molecule has 0 rings (SSSR count). The van der Waals surface area contributed by atoms with E-state index >= 15 is 0 Å². The van der Waals surface area contributed by atoms with Crippen molar-refractivity contribution in [3.63, 3.8) is 0 Å². The fraction of sp³-hybridized carbons (Fsp3) is 0.846. The summed E-state index contributed by atoms with van der Waals surface area (Å²) in [6, 6.07) is 0. The predicted octanol–water partition coefficient (Wildman–Crippen LogP) is -5.84. The summed E-state index contributed by atoms with van der Waals surface area (Å²) in [5.41, 5.74) is 0. The number of hydrogen-bond donors (Lipinski definition) is 10. The van der Waals surface area contributed by atoms with Crippen LogP contribution in [0.1, 0.15) is 6.42 Å². The van der Waals surface area contributed by atoms with Crippen LogP contribution in [0, 0.1) is 5.92 Å². The van der Waals surface area contributed by atoms with Crippen molar-refractivity contribution >= 4 is 11.8 Å². The molecule has 0 spiro atoms. The van der Waals surface area contributed by atoms with Crippen molar-refractivity contribution in [3.05, 3.63) is 0 Å². The van der Waals surface area contributed by atoms with Crippen LogP contribution in [-0.2, 0) is 9.59 Å². The lowest BCUT2D eigenvalue weighted by Crippen LogP contribution is -2.50. The molecule has 10 N–H and O–H groups in total. The minimum atomic E-state index is -2.36. The number of ketones is 1. The summed E-state index contributed by atoms with van der Waals surface area (Å²) in [6.45, 7) is -1.98. The van der Waals surface area contributed by atoms with Gasteiger partial charge in [0, 0.05) is 6.42 Å². The fourth-order valence-electron chi connectivity index (χ4n) is 1.98. The molecule has 0 saturated carbocycles. The van der Waals surface area contributed by atoms with E-state index in [1.807, 2.05) is 0 Å². The number of Topliss-reactive ketones (excluding diaryl/α,β-unsaturated/α-hetero) is 1. The maximum atomic E-state index is 11.8. The van der Waals surface area contributed by atoms with Crippen LogP contribution in [-0.4, -0.2) is 119 Å². The van der Waals surface area contributed by atoms with Gasteiger partial charge in [-0.05, 0) is 0 Å². The number of hydrogen-bond acceptors (Lipinski definition) is 11. The number of carboxylic acid groups (broad SMARTS) is 1. The van der Waals surface area contributed by atoms with Crippen LogP contribution >= 0.6 is 0 Å². The first kappa shape index (κ1) is 23.8. The van der Waals surface area contributed by atoms with Gasteiger partial charge >= 0.3 is 5.97 Å². The summed E-state index contributed by atoms with van der Waals surface area (Å²) in [7, 11) is 0. The summed E-state index contributed by atoms with van der Waals surface area (Å²) in [5.74, 6) is -5.14. The average molecular weight is 372 g/mol. The summed E-state index contributed by atoms with van der Waals surface area (Å²) < 4.78 is 0. The van der Waals surface area contributed by atoms with Gasteiger partial charge in [0.15, 0.2) is 5.78 Å². The second kappa shape index (κ2) is 10.7. The molecule has 12 heteroatoms. The van der Waals surface area contributed by atoms with E-state index in [9.17, 15) is 40.2 Å². The highest BCUT2D eigenvalue weighted by molar-refractivity contribution is 5.87. The SMILES string of the molecule is O=C(C[C@@H](C(=O)O)[C@@H](O)[C@H](O)[C@H](O)CO)[C@H](O)[C@@H](O)[C@H](O)[C@H](O)CO. The van der Waals surface area contributed by atoms with Crippen molar-refractivity contribution in [2.45, 2.75) is 49.1 Å². The van der Waals surface area contributed by atoms with Gasteiger partial charge in [-0.1, -0.05) is 0 Å². The number of aliphatic hydroxyl groups excluding tert-OH is 9. The number of carbonyl (C=O) groups excluding carboxylic acids is 1. The first-order valence-electron chi connectivity index (χ1n) is 7.23. The average Bonchev–Trinajstić information content (AvgIpc) is 2.60. The summed E-state index contributed by atoms with van der Waals surface area (Å²) in [5, 5.41) is 92.5. The van der Waals surface area contributed by atoms with Gasteiger partial charge in [-0.25, -0.2) is 0 Å². The van der Waals surface area contributed by atoms with Crippen molar-refractivity contribution in [1.82, 2.24) is 0 Å². The van der Waals surface area contributed by atoms with Gasteiger partial charge < -0.3 is 51.1 Å². The minimum Gasteiger partial charge on any atom is -0.481 e. The van der Waals surface area contributed by atoms with Crippen LogP contribution in [0.4, 0.5) is 0 Å². The Morgan fingerprint density at radius 1 is 0.680 bits per heavy atom. The molecule has 148 valence electrons. The van der Waals surface area contributed by atoms with E-state index in [0.29, 0.717) is 0 Å². The fourth-order valence-corrected chi connectivity index (χ4v) is 1.98. The molecule has 0 radical (unpaired) electrons. The Balaban J connectivity index is 5.08. The Bertz CT molecular complexity index is 429. The Morgan fingerprint density at radius 2 is 1.08 bits per heavy atom. The highest BCUT2D eigenvalue weighted by Gasteiger charge is 2.40. The van der Waals surface area contributed by atoms with E-state index < -0.39 is 80.0 Å². The Morgan fingerprint density at radius 3 is 1.44 bits per heavy atom. The molecule has 25 heavy (non-hydrogen) atoms. The molecule has 8 atom stereocenters. The zero-order valence-corrected chi connectivity index (χ0v) is 13.0. The van der Waals surface area contributed by atoms with Gasteiger partial charge in [-0.3, -0.25) is 9.59 Å². The number of carbonyl (C=O) groups is 2. The molecule has 0 aromatic heterocycles. The van der Waals surface area contributed by atoms with Gasteiger partial charge in [0.25, 0.3) is 0 Å². The van der Waals surface area contributed by atoms with Crippen LogP contribution in [0.15, 0.2) is 0 Å². The molecule has 0 aromatic rings. The number of aliphatic hydroxyl groups is 9. The lowest BCUT2D eigenvalue weighted by Gasteiger charge is -2.28. The molecule has 0 aliphatic rings. The maximum absolute atomic E-state index is 11.8. The molecule has 0 saturated heterocycles. The third kappa shape index (κ3) is 6.54. The molecule has 0 aromatic carbocycles. The molecular weight excluding hydrogens is 348 g/mol. The van der Waals surface area contributed by atoms with Gasteiger partial charge in [-0.15, -0.1) is 0 Å². The minimum absolute atomic E-state index is 0.985. The first-order valence-corrected chi connectivity index (χ1v) is 7.23. The Hall–Kier alpha value is -1.22. The van der Waals surface area contributed by atoms with E-state index in [1.165, 1.54) is 0 Å². The number of rotatable bonds is 12. The van der Waals surface area contributed by atoms with Gasteiger partial charge in [0.1, 0.15) is 36.6 Å². The summed E-state index contributed by atoms with van der Waals surface area (Å²) in [4.78, 5) is 23.0. The topological polar surface area (TPSA) is 236 Å².